The van der Waals surface area contributed by atoms with E-state index in [0.29, 0.717) is 38.4 Å². The van der Waals surface area contributed by atoms with Crippen molar-refractivity contribution in [1.29, 1.82) is 0 Å². The van der Waals surface area contributed by atoms with Crippen LogP contribution in [0, 0.1) is 0 Å². The summed E-state index contributed by atoms with van der Waals surface area (Å²) >= 11 is 0. The largest absolute Gasteiger partial charge is 0.480 e. The lowest BCUT2D eigenvalue weighted by Gasteiger charge is -2.35. The summed E-state index contributed by atoms with van der Waals surface area (Å²) in [6.45, 7) is 6.74. The van der Waals surface area contributed by atoms with Gasteiger partial charge in [0, 0.05) is 38.2 Å². The van der Waals surface area contributed by atoms with Crippen LogP contribution in [0.15, 0.2) is 46.2 Å². The second-order valence-electron chi connectivity index (χ2n) is 11.2. The summed E-state index contributed by atoms with van der Waals surface area (Å²) in [4.78, 5) is 44.5. The normalized spacial score (nSPS) is 33.4. The minimum Gasteiger partial charge on any atom is -0.387 e. The van der Waals surface area contributed by atoms with Crippen molar-refractivity contribution in [3.8, 4) is 0 Å². The van der Waals surface area contributed by atoms with E-state index in [4.69, 9.17) is 18.1 Å². The van der Waals surface area contributed by atoms with Crippen LogP contribution in [-0.2, 0) is 33.8 Å². The van der Waals surface area contributed by atoms with E-state index in [-0.39, 0.29) is 19.7 Å². The average Bonchev–Trinajstić information content (AvgIpc) is 3.24. The first-order chi connectivity index (χ1) is 21.3. The maximum absolute atomic E-state index is 13.5. The van der Waals surface area contributed by atoms with Gasteiger partial charge in [0.05, 0.1) is 18.8 Å². The minimum absolute atomic E-state index is 0.0618. The number of nitrogens with zero attached hydrogens (tertiary/aromatic N) is 5. The molecular weight excluding hydrogens is 632 g/mol. The zero-order chi connectivity index (χ0) is 32.8. The van der Waals surface area contributed by atoms with Crippen molar-refractivity contribution in [1.82, 2.24) is 23.9 Å². The van der Waals surface area contributed by atoms with Gasteiger partial charge in [-0.15, -0.1) is 0 Å². The van der Waals surface area contributed by atoms with E-state index in [2.05, 4.69) is 9.88 Å². The first-order valence-electron chi connectivity index (χ1n) is 14.9. The van der Waals surface area contributed by atoms with E-state index < -0.39 is 57.3 Å². The zero-order valence-electron chi connectivity index (χ0n) is 25.7. The number of aliphatic hydroxyl groups is 2. The lowest BCUT2D eigenvalue weighted by molar-refractivity contribution is -0.132. The summed E-state index contributed by atoms with van der Waals surface area (Å²) in [5.41, 5.74) is -2.69. The van der Waals surface area contributed by atoms with E-state index in [9.17, 15) is 33.8 Å². The van der Waals surface area contributed by atoms with E-state index in [0.717, 1.165) is 34.7 Å². The minimum atomic E-state index is -4.82. The van der Waals surface area contributed by atoms with Gasteiger partial charge in [-0.1, -0.05) is 19.9 Å². The molecule has 16 nitrogen and oxygen atoms in total. The highest BCUT2D eigenvalue weighted by Gasteiger charge is 2.56. The molecule has 0 radical (unpaired) electrons. The molecule has 0 amide bonds. The first kappa shape index (κ1) is 35.8. The van der Waals surface area contributed by atoms with Gasteiger partial charge >= 0.3 is 21.1 Å². The number of hydrogen-bond donors (Lipinski definition) is 3. The third-order valence-electron chi connectivity index (χ3n) is 8.07. The van der Waals surface area contributed by atoms with E-state index in [1.165, 1.54) is 12.4 Å². The molecule has 4 rings (SSSR count). The van der Waals surface area contributed by atoms with Gasteiger partial charge in [-0.3, -0.25) is 32.9 Å². The Bertz CT molecular complexity index is 1490. The number of ether oxygens (including phenoxy) is 1. The maximum atomic E-state index is 13.5. The van der Waals surface area contributed by atoms with Crippen molar-refractivity contribution in [2.45, 2.75) is 63.7 Å². The van der Waals surface area contributed by atoms with Crippen molar-refractivity contribution in [2.75, 3.05) is 52.7 Å². The molecule has 0 saturated carbocycles. The van der Waals surface area contributed by atoms with Crippen LogP contribution in [0.3, 0.4) is 0 Å². The van der Waals surface area contributed by atoms with Gasteiger partial charge in [-0.2, -0.15) is 0 Å². The highest BCUT2D eigenvalue weighted by Crippen LogP contribution is 2.61. The molecule has 4 unspecified atom stereocenters. The van der Waals surface area contributed by atoms with E-state index >= 15 is 0 Å². The molecule has 18 heteroatoms. The van der Waals surface area contributed by atoms with Crippen molar-refractivity contribution >= 4 is 15.4 Å². The summed E-state index contributed by atoms with van der Waals surface area (Å²) in [7, 11) is -9.12. The van der Waals surface area contributed by atoms with Crippen LogP contribution in [0.2, 0.25) is 0 Å². The highest BCUT2D eigenvalue weighted by molar-refractivity contribution is 7.64. The highest BCUT2D eigenvalue weighted by atomic mass is 31.3. The van der Waals surface area contributed by atoms with Gasteiger partial charge in [0.1, 0.15) is 24.5 Å². The molecule has 0 bridgehead atoms. The average molecular weight is 676 g/mol. The van der Waals surface area contributed by atoms with Gasteiger partial charge in [0.25, 0.3) is 5.56 Å². The van der Waals surface area contributed by atoms with Crippen LogP contribution in [0.25, 0.3) is 0 Å². The molecule has 2 aliphatic rings. The van der Waals surface area contributed by atoms with E-state index in [1.54, 1.807) is 18.2 Å². The van der Waals surface area contributed by atoms with Crippen LogP contribution < -0.4 is 11.2 Å². The Morgan fingerprint density at radius 3 is 2.40 bits per heavy atom. The molecular formula is C27H43N5O11P2. The molecule has 1 spiro atoms. The number of hydrogen-bond acceptors (Lipinski definition) is 13. The van der Waals surface area contributed by atoms with Crippen molar-refractivity contribution in [3.05, 3.63) is 63.2 Å². The summed E-state index contributed by atoms with van der Waals surface area (Å²) in [6.07, 6.45) is -0.463. The molecule has 2 saturated heterocycles. The molecule has 4 heterocycles. The van der Waals surface area contributed by atoms with Crippen molar-refractivity contribution in [3.63, 3.8) is 0 Å². The third kappa shape index (κ3) is 9.05. The summed E-state index contributed by atoms with van der Waals surface area (Å²) in [5.74, 6) is 0. The molecule has 2 fully saturated rings. The lowest BCUT2D eigenvalue weighted by Crippen LogP contribution is -2.49. The standard InChI is InChI=1S/C27H43N5O11P2/c1-4-29-14-8-9-15-30(5-2)20-41-45(38,39)43-44(3,37)40-19-27(12-17-29)24(35)23(34)25(42-27)31-16-11-22(33)32(26(31)36)18-21-10-6-7-13-28-21/h6-7,10-11,13,16,23-25,34-35H,4-5,8-9,12,14-15,17-20H2,1-3H3,(H,38,39)/t23-,24?,25?,27?,44-/m0/s1. The summed E-state index contributed by atoms with van der Waals surface area (Å²) in [5, 5.41) is 22.6. The predicted octanol–water partition coefficient (Wildman–Crippen LogP) is 1.20. The summed E-state index contributed by atoms with van der Waals surface area (Å²) in [6, 6.07) is 6.20. The fraction of sp³-hybridized carbons (Fsp3) is 0.667. The van der Waals surface area contributed by atoms with Gasteiger partial charge in [-0.05, 0) is 51.0 Å². The predicted molar refractivity (Wildman–Crippen MR) is 163 cm³/mol. The Morgan fingerprint density at radius 1 is 1.02 bits per heavy atom. The number of phosphoric ester groups is 1. The Labute approximate surface area is 261 Å². The fourth-order valence-electron chi connectivity index (χ4n) is 5.37. The number of pyridine rings is 1. The molecule has 0 aromatic carbocycles. The third-order valence-corrected chi connectivity index (χ3v) is 11.1. The van der Waals surface area contributed by atoms with Gasteiger partial charge in [-0.25, -0.2) is 13.7 Å². The molecule has 6 atom stereocenters. The Morgan fingerprint density at radius 2 is 1.73 bits per heavy atom. The Hall–Kier alpha value is -2.07. The molecule has 2 aromatic heterocycles. The van der Waals surface area contributed by atoms with Crippen LogP contribution in [0.5, 0.6) is 0 Å². The van der Waals surface area contributed by atoms with Crippen LogP contribution in [0.4, 0.5) is 0 Å². The quantitative estimate of drug-likeness (QED) is 0.383. The smallest absolute Gasteiger partial charge is 0.387 e. The van der Waals surface area contributed by atoms with Gasteiger partial charge in [0.15, 0.2) is 6.23 Å². The van der Waals surface area contributed by atoms with Crippen LogP contribution in [0.1, 0.15) is 45.0 Å². The molecule has 2 aromatic rings. The lowest BCUT2D eigenvalue weighted by atomic mass is 9.92. The van der Waals surface area contributed by atoms with Gasteiger partial charge in [0.2, 0.25) is 0 Å². The number of phosphoric acid groups is 1. The van der Waals surface area contributed by atoms with Crippen molar-refractivity contribution in [2.24, 2.45) is 0 Å². The van der Waals surface area contributed by atoms with Gasteiger partial charge < -0.3 is 29.3 Å². The number of aliphatic hydroxyl groups excluding tert-OH is 2. The van der Waals surface area contributed by atoms with Crippen LogP contribution >= 0.6 is 15.4 Å². The summed E-state index contributed by atoms with van der Waals surface area (Å²) < 4.78 is 49.6. The number of rotatable bonds is 5. The molecule has 3 N–H and O–H groups in total. The monoisotopic (exact) mass is 675 g/mol. The SMILES string of the molecule is CCN1CCCCN(CC)COP(=O)(O)O[P@@](C)(=O)OCC2(CC1)OC(n1ccc(=O)n(Cc3ccccn3)c1=O)[C@@H](O)C2O. The van der Waals surface area contributed by atoms with Crippen molar-refractivity contribution < 1.29 is 42.3 Å². The Balaban J connectivity index is 1.65. The fourth-order valence-corrected chi connectivity index (χ4v) is 8.01. The van der Waals surface area contributed by atoms with E-state index in [1.807, 2.05) is 18.7 Å². The topological polar surface area (TPSA) is 195 Å². The molecule has 252 valence electrons. The number of aromatic nitrogens is 3. The maximum Gasteiger partial charge on any atom is 0.480 e. The first-order valence-corrected chi connectivity index (χ1v) is 18.4. The second kappa shape index (κ2) is 15.2. The second-order valence-corrected chi connectivity index (χ2v) is 14.9. The zero-order valence-corrected chi connectivity index (χ0v) is 27.5. The Kier molecular flexibility index (Phi) is 12.1. The molecule has 2 aliphatic heterocycles. The molecule has 45 heavy (non-hydrogen) atoms. The molecule has 0 aliphatic carbocycles. The van der Waals surface area contributed by atoms with Crippen LogP contribution in [-0.4, -0.2) is 110 Å².